The fraction of sp³-hybridized carbons (Fsp3) is 0.200. The molecule has 0 amide bonds. The number of hydrogen-bond acceptors (Lipinski definition) is 3. The maximum atomic E-state index is 11.8. The minimum absolute atomic E-state index is 0.104. The summed E-state index contributed by atoms with van der Waals surface area (Å²) in [7, 11) is 0. The molecule has 0 aliphatic carbocycles. The van der Waals surface area contributed by atoms with Gasteiger partial charge in [0.2, 0.25) is 0 Å². The molecule has 0 unspecified atom stereocenters. The highest BCUT2D eigenvalue weighted by Gasteiger charge is 2.28. The smallest absolute Gasteiger partial charge is 0.145 e. The van der Waals surface area contributed by atoms with Crippen LogP contribution in [0.15, 0.2) is 128 Å². The van der Waals surface area contributed by atoms with Crippen LogP contribution in [0.4, 0.5) is 0 Å². The lowest BCUT2D eigenvalue weighted by atomic mass is 9.78. The van der Waals surface area contributed by atoms with Crippen LogP contribution < -0.4 is 0 Å². The molecule has 7 rings (SSSR count). The van der Waals surface area contributed by atoms with Crippen LogP contribution in [-0.2, 0) is 10.8 Å². The molecule has 49 heavy (non-hydrogen) atoms. The van der Waals surface area contributed by atoms with E-state index >= 15 is 0 Å². The minimum atomic E-state index is -0.245. The van der Waals surface area contributed by atoms with Crippen LogP contribution >= 0.6 is 0 Å². The van der Waals surface area contributed by atoms with Gasteiger partial charge in [-0.3, -0.25) is 4.98 Å². The highest BCUT2D eigenvalue weighted by Crippen LogP contribution is 2.44. The zero-order valence-corrected chi connectivity index (χ0v) is 29.4. The molecular weight excluding hydrogens is 599 g/mol. The van der Waals surface area contributed by atoms with Crippen molar-refractivity contribution in [1.29, 1.82) is 0 Å². The molecule has 7 aromatic rings. The fourth-order valence-electron chi connectivity index (χ4n) is 6.58. The number of aromatic hydroxyl groups is 1. The summed E-state index contributed by atoms with van der Waals surface area (Å²) in [5.74, 6) is 0.295. The van der Waals surface area contributed by atoms with E-state index in [4.69, 9.17) is 9.97 Å². The standard InChI is InChI=1S/C45H43N3O/c1-29-41(38-26-36(44(2,3)4)27-39(42(38)49)45(5,6)7)47-43-37(24-35(28-48(29)43)31-17-12-9-13-18-31)33-19-14-20-34(23-33)40-25-32(21-22-46-40)30-15-10-8-11-16-30/h8-28,49H,1-7H3. The molecule has 0 saturated heterocycles. The second-order valence-electron chi connectivity index (χ2n) is 15.0. The van der Waals surface area contributed by atoms with Crippen molar-refractivity contribution < 1.29 is 5.11 Å². The van der Waals surface area contributed by atoms with Gasteiger partial charge in [-0.05, 0) is 81.5 Å². The number of nitrogens with zero attached hydrogens (tertiary/aromatic N) is 3. The van der Waals surface area contributed by atoms with Crippen molar-refractivity contribution in [3.8, 4) is 61.6 Å². The van der Waals surface area contributed by atoms with Gasteiger partial charge in [-0.2, -0.15) is 0 Å². The molecule has 4 heteroatoms. The van der Waals surface area contributed by atoms with E-state index in [0.29, 0.717) is 5.75 Å². The van der Waals surface area contributed by atoms with Crippen LogP contribution in [0.25, 0.3) is 61.5 Å². The Morgan fingerprint density at radius 3 is 1.86 bits per heavy atom. The van der Waals surface area contributed by atoms with E-state index in [1.807, 2.05) is 18.3 Å². The third kappa shape index (κ3) is 6.15. The Morgan fingerprint density at radius 1 is 0.571 bits per heavy atom. The summed E-state index contributed by atoms with van der Waals surface area (Å²) in [6.45, 7) is 15.2. The molecule has 0 atom stereocenters. The number of imidazole rings is 1. The van der Waals surface area contributed by atoms with E-state index in [2.05, 4.69) is 162 Å². The molecule has 244 valence electrons. The van der Waals surface area contributed by atoms with Crippen molar-refractivity contribution in [3.05, 3.63) is 144 Å². The van der Waals surface area contributed by atoms with E-state index in [1.54, 1.807) is 0 Å². The number of hydrogen-bond donors (Lipinski definition) is 1. The lowest BCUT2D eigenvalue weighted by molar-refractivity contribution is 0.446. The number of aryl methyl sites for hydroxylation is 1. The Balaban J connectivity index is 1.45. The van der Waals surface area contributed by atoms with Crippen molar-refractivity contribution in [3.63, 3.8) is 0 Å². The summed E-state index contributed by atoms with van der Waals surface area (Å²) >= 11 is 0. The van der Waals surface area contributed by atoms with Crippen molar-refractivity contribution in [2.45, 2.75) is 59.3 Å². The Hall–Kier alpha value is -5.48. The molecule has 0 bridgehead atoms. The Kier molecular flexibility index (Phi) is 7.99. The van der Waals surface area contributed by atoms with Gasteiger partial charge in [-0.25, -0.2) is 4.98 Å². The third-order valence-electron chi connectivity index (χ3n) is 9.44. The first-order valence-corrected chi connectivity index (χ1v) is 17.0. The molecule has 3 aromatic heterocycles. The van der Waals surface area contributed by atoms with Crippen LogP contribution in [0.2, 0.25) is 0 Å². The third-order valence-corrected chi connectivity index (χ3v) is 9.44. The summed E-state index contributed by atoms with van der Waals surface area (Å²) in [5.41, 5.74) is 13.6. The maximum Gasteiger partial charge on any atom is 0.145 e. The van der Waals surface area contributed by atoms with Crippen molar-refractivity contribution >= 4 is 5.65 Å². The summed E-state index contributed by atoms with van der Waals surface area (Å²) in [5, 5.41) is 11.8. The molecule has 3 heterocycles. The van der Waals surface area contributed by atoms with Gasteiger partial charge in [0, 0.05) is 40.3 Å². The van der Waals surface area contributed by atoms with E-state index in [-0.39, 0.29) is 10.8 Å². The highest BCUT2D eigenvalue weighted by atomic mass is 16.3. The van der Waals surface area contributed by atoms with Crippen LogP contribution in [0.3, 0.4) is 0 Å². The topological polar surface area (TPSA) is 50.4 Å². The number of phenols is 1. The van der Waals surface area contributed by atoms with E-state index in [1.165, 1.54) is 5.56 Å². The molecule has 1 N–H and O–H groups in total. The predicted molar refractivity (Wildman–Crippen MR) is 204 cm³/mol. The van der Waals surface area contributed by atoms with E-state index < -0.39 is 0 Å². The number of rotatable bonds is 5. The largest absolute Gasteiger partial charge is 0.507 e. The zero-order chi connectivity index (χ0) is 34.5. The van der Waals surface area contributed by atoms with Crippen LogP contribution in [0.5, 0.6) is 5.75 Å². The molecule has 0 aliphatic heterocycles. The Morgan fingerprint density at radius 2 is 1.20 bits per heavy atom. The first kappa shape index (κ1) is 32.1. The molecule has 4 aromatic carbocycles. The first-order valence-electron chi connectivity index (χ1n) is 17.0. The second kappa shape index (κ2) is 12.2. The lowest BCUT2D eigenvalue weighted by Gasteiger charge is -2.27. The van der Waals surface area contributed by atoms with Gasteiger partial charge < -0.3 is 9.51 Å². The van der Waals surface area contributed by atoms with Crippen molar-refractivity contribution in [1.82, 2.24) is 14.4 Å². The molecule has 0 aliphatic rings. The molecule has 4 nitrogen and oxygen atoms in total. The second-order valence-corrected chi connectivity index (χ2v) is 15.0. The summed E-state index contributed by atoms with van der Waals surface area (Å²) in [6.07, 6.45) is 4.05. The molecule has 0 spiro atoms. The summed E-state index contributed by atoms with van der Waals surface area (Å²) in [4.78, 5) is 10.1. The van der Waals surface area contributed by atoms with Crippen LogP contribution in [-0.4, -0.2) is 19.5 Å². The van der Waals surface area contributed by atoms with E-state index in [9.17, 15) is 5.11 Å². The Bertz CT molecular complexity index is 2300. The quantitative estimate of drug-likeness (QED) is 0.203. The zero-order valence-electron chi connectivity index (χ0n) is 29.4. The molecule has 0 fully saturated rings. The predicted octanol–water partition coefficient (Wildman–Crippen LogP) is 11.7. The van der Waals surface area contributed by atoms with Gasteiger partial charge in [-0.15, -0.1) is 0 Å². The first-order chi connectivity index (χ1) is 23.4. The average molecular weight is 642 g/mol. The van der Waals surface area contributed by atoms with Gasteiger partial charge in [0.25, 0.3) is 0 Å². The fourth-order valence-corrected chi connectivity index (χ4v) is 6.58. The lowest BCUT2D eigenvalue weighted by Crippen LogP contribution is -2.17. The number of phenolic OH excluding ortho intramolecular Hbond substituents is 1. The van der Waals surface area contributed by atoms with Crippen LogP contribution in [0, 0.1) is 6.92 Å². The number of aromatic nitrogens is 3. The molecule has 0 saturated carbocycles. The van der Waals surface area contributed by atoms with Crippen LogP contribution in [0.1, 0.15) is 58.4 Å². The number of fused-ring (bicyclic) bond motifs is 1. The summed E-state index contributed by atoms with van der Waals surface area (Å²) < 4.78 is 2.19. The van der Waals surface area contributed by atoms with Gasteiger partial charge in [0.15, 0.2) is 0 Å². The monoisotopic (exact) mass is 641 g/mol. The average Bonchev–Trinajstić information content (AvgIpc) is 3.43. The molecule has 0 radical (unpaired) electrons. The van der Waals surface area contributed by atoms with Gasteiger partial charge in [0.05, 0.1) is 11.4 Å². The summed E-state index contributed by atoms with van der Waals surface area (Å²) in [6, 6.07) is 40.2. The maximum absolute atomic E-state index is 11.8. The van der Waals surface area contributed by atoms with Gasteiger partial charge in [0.1, 0.15) is 11.4 Å². The SMILES string of the molecule is Cc1c(-c2cc(C(C)(C)C)cc(C(C)(C)C)c2O)nc2c(-c3cccc(-c4cc(-c5ccccc5)ccn4)c3)cc(-c3ccccc3)cn12. The van der Waals surface area contributed by atoms with E-state index in [0.717, 1.165) is 72.8 Å². The normalized spacial score (nSPS) is 12.1. The number of benzene rings is 4. The Labute approximate surface area is 289 Å². The van der Waals surface area contributed by atoms with Gasteiger partial charge in [-0.1, -0.05) is 126 Å². The number of pyridine rings is 2. The molecular formula is C45H43N3O. The van der Waals surface area contributed by atoms with Crippen molar-refractivity contribution in [2.75, 3.05) is 0 Å². The minimum Gasteiger partial charge on any atom is -0.507 e. The van der Waals surface area contributed by atoms with Crippen molar-refractivity contribution in [2.24, 2.45) is 0 Å². The van der Waals surface area contributed by atoms with Gasteiger partial charge >= 0.3 is 0 Å². The highest BCUT2D eigenvalue weighted by molar-refractivity contribution is 5.87.